The van der Waals surface area contributed by atoms with Gasteiger partial charge >= 0.3 is 0 Å². The summed E-state index contributed by atoms with van der Waals surface area (Å²) in [6, 6.07) is 0. The van der Waals surface area contributed by atoms with Gasteiger partial charge in [-0.2, -0.15) is 0 Å². The Morgan fingerprint density at radius 3 is 2.50 bits per heavy atom. The van der Waals surface area contributed by atoms with Crippen LogP contribution in [0, 0.1) is 5.92 Å². The Labute approximate surface area is 136 Å². The van der Waals surface area contributed by atoms with Crippen molar-refractivity contribution < 1.29 is 9.84 Å². The number of hydrogen-bond acceptors (Lipinski definition) is 2. The number of aliphatic hydroxyl groups is 1. The van der Waals surface area contributed by atoms with Crippen molar-refractivity contribution in [3.63, 3.8) is 0 Å². The third-order valence-corrected chi connectivity index (χ3v) is 5.88. The summed E-state index contributed by atoms with van der Waals surface area (Å²) in [5.74, 6) is 0.468. The molecule has 2 bridgehead atoms. The summed E-state index contributed by atoms with van der Waals surface area (Å²) in [7, 11) is 0. The summed E-state index contributed by atoms with van der Waals surface area (Å²) in [5, 5.41) is 10.7. The van der Waals surface area contributed by atoms with Gasteiger partial charge in [0, 0.05) is 0 Å². The molecule has 1 unspecified atom stereocenters. The smallest absolute Gasteiger partial charge is 0.0921 e. The number of ether oxygens (including phenoxy) is 1. The van der Waals surface area contributed by atoms with Crippen LogP contribution in [0.25, 0.3) is 0 Å². The van der Waals surface area contributed by atoms with Crippen LogP contribution >= 0.6 is 0 Å². The zero-order chi connectivity index (χ0) is 16.4. The van der Waals surface area contributed by atoms with Crippen molar-refractivity contribution >= 4 is 0 Å². The maximum absolute atomic E-state index is 10.7. The summed E-state index contributed by atoms with van der Waals surface area (Å²) in [4.78, 5) is 0. The molecule has 1 N–H and O–H groups in total. The minimum Gasteiger partial charge on any atom is -0.390 e. The molecule has 2 rings (SSSR count). The van der Waals surface area contributed by atoms with Crippen molar-refractivity contribution in [2.24, 2.45) is 5.92 Å². The molecule has 0 amide bonds. The molecule has 22 heavy (non-hydrogen) atoms. The fraction of sp³-hybridized carbons (Fsp3) is 0.800. The number of fused-ring (bicyclic) bond motifs is 2. The van der Waals surface area contributed by atoms with Crippen LogP contribution in [-0.2, 0) is 4.74 Å². The monoisotopic (exact) mass is 306 g/mol. The Morgan fingerprint density at radius 1 is 1.14 bits per heavy atom. The molecule has 0 radical (unpaired) electrons. The summed E-state index contributed by atoms with van der Waals surface area (Å²) >= 11 is 0. The molecule has 1 saturated heterocycles. The topological polar surface area (TPSA) is 29.5 Å². The van der Waals surface area contributed by atoms with Gasteiger partial charge in [0.25, 0.3) is 0 Å². The highest BCUT2D eigenvalue weighted by atomic mass is 16.5. The van der Waals surface area contributed by atoms with Crippen molar-refractivity contribution in [2.45, 2.75) is 96.9 Å². The summed E-state index contributed by atoms with van der Waals surface area (Å²) in [6.07, 6.45) is 11.3. The summed E-state index contributed by atoms with van der Waals surface area (Å²) in [5.41, 5.74) is 2.36. The third kappa shape index (κ3) is 3.83. The van der Waals surface area contributed by atoms with Gasteiger partial charge in [-0.1, -0.05) is 37.1 Å². The predicted molar refractivity (Wildman–Crippen MR) is 92.9 cm³/mol. The fourth-order valence-corrected chi connectivity index (χ4v) is 3.81. The molecule has 2 nitrogen and oxygen atoms in total. The second kappa shape index (κ2) is 6.88. The SMILES string of the molecule is C/C1=C/CC2(C(C)C)CC[C@@](C)(O2)[C@H](O)CC/C(C)=C/CC1. The van der Waals surface area contributed by atoms with Gasteiger partial charge in [-0.3, -0.25) is 0 Å². The number of rotatable bonds is 1. The van der Waals surface area contributed by atoms with E-state index in [1.54, 1.807) is 0 Å². The second-order valence-corrected chi connectivity index (χ2v) is 8.03. The Bertz CT molecular complexity index is 449. The number of hydrogen-bond donors (Lipinski definition) is 1. The van der Waals surface area contributed by atoms with Gasteiger partial charge in [-0.05, 0) is 71.6 Å². The Morgan fingerprint density at radius 2 is 1.82 bits per heavy atom. The van der Waals surface area contributed by atoms with Crippen LogP contribution in [0.5, 0.6) is 0 Å². The van der Waals surface area contributed by atoms with Crippen LogP contribution < -0.4 is 0 Å². The van der Waals surface area contributed by atoms with E-state index in [9.17, 15) is 5.11 Å². The lowest BCUT2D eigenvalue weighted by Gasteiger charge is -2.38. The first kappa shape index (κ1) is 17.7. The zero-order valence-electron chi connectivity index (χ0n) is 15.1. The second-order valence-electron chi connectivity index (χ2n) is 8.03. The highest BCUT2D eigenvalue weighted by molar-refractivity contribution is 5.10. The summed E-state index contributed by atoms with van der Waals surface area (Å²) < 4.78 is 6.59. The minimum atomic E-state index is -0.389. The first-order valence-corrected chi connectivity index (χ1v) is 8.97. The van der Waals surface area contributed by atoms with Gasteiger partial charge in [-0.25, -0.2) is 0 Å². The zero-order valence-corrected chi connectivity index (χ0v) is 15.1. The lowest BCUT2D eigenvalue weighted by molar-refractivity contribution is -0.162. The largest absolute Gasteiger partial charge is 0.390 e. The average Bonchev–Trinajstić information content (AvgIpc) is 2.82. The number of aliphatic hydroxyl groups excluding tert-OH is 1. The van der Waals surface area contributed by atoms with E-state index >= 15 is 0 Å². The molecule has 0 aliphatic carbocycles. The number of allylic oxidation sites excluding steroid dienone is 3. The van der Waals surface area contributed by atoms with E-state index in [4.69, 9.17) is 4.74 Å². The van der Waals surface area contributed by atoms with E-state index < -0.39 is 0 Å². The standard InChI is InChI=1S/C20H34O2/c1-15(2)20-12-11-17(4)8-6-7-16(3)9-10-18(21)19(5,22-20)13-14-20/h7,11,15,18,21H,6,8-10,12-14H2,1-5H3/b16-7+,17-11-/t18-,19-,20?/m1/s1. The van der Waals surface area contributed by atoms with Gasteiger partial charge in [0.15, 0.2) is 0 Å². The molecule has 3 atom stereocenters. The van der Waals surface area contributed by atoms with Crippen molar-refractivity contribution in [3.05, 3.63) is 23.3 Å². The molecule has 0 spiro atoms. The molecule has 0 saturated carbocycles. The van der Waals surface area contributed by atoms with Crippen LogP contribution in [0.15, 0.2) is 23.3 Å². The normalized spacial score (nSPS) is 42.6. The van der Waals surface area contributed by atoms with E-state index in [0.717, 1.165) is 44.9 Å². The van der Waals surface area contributed by atoms with Crippen LogP contribution in [0.1, 0.15) is 79.6 Å². The summed E-state index contributed by atoms with van der Waals surface area (Å²) in [6.45, 7) is 11.0. The first-order chi connectivity index (χ1) is 10.3. The van der Waals surface area contributed by atoms with Gasteiger partial charge < -0.3 is 9.84 Å². The van der Waals surface area contributed by atoms with Gasteiger partial charge in [0.1, 0.15) is 0 Å². The molecule has 2 heterocycles. The minimum absolute atomic E-state index is 0.104. The van der Waals surface area contributed by atoms with Gasteiger partial charge in [0.2, 0.25) is 0 Å². The molecule has 1 fully saturated rings. The van der Waals surface area contributed by atoms with E-state index in [-0.39, 0.29) is 17.3 Å². The fourth-order valence-electron chi connectivity index (χ4n) is 3.81. The molecule has 0 aromatic rings. The van der Waals surface area contributed by atoms with E-state index in [1.807, 2.05) is 0 Å². The van der Waals surface area contributed by atoms with Crippen LogP contribution in [0.2, 0.25) is 0 Å². The third-order valence-electron chi connectivity index (χ3n) is 5.88. The van der Waals surface area contributed by atoms with Gasteiger partial charge in [0.05, 0.1) is 17.3 Å². The highest BCUT2D eigenvalue weighted by Gasteiger charge is 2.50. The van der Waals surface area contributed by atoms with Crippen molar-refractivity contribution in [2.75, 3.05) is 0 Å². The molecule has 2 aliphatic rings. The van der Waals surface area contributed by atoms with Crippen LogP contribution in [0.3, 0.4) is 0 Å². The highest BCUT2D eigenvalue weighted by Crippen LogP contribution is 2.47. The Kier molecular flexibility index (Phi) is 5.55. The first-order valence-electron chi connectivity index (χ1n) is 8.97. The average molecular weight is 306 g/mol. The van der Waals surface area contributed by atoms with Gasteiger partial charge in [-0.15, -0.1) is 0 Å². The predicted octanol–water partition coefficient (Wildman–Crippen LogP) is 5.17. The molecular weight excluding hydrogens is 272 g/mol. The lowest BCUT2D eigenvalue weighted by Crippen LogP contribution is -2.44. The molecule has 2 heteroatoms. The molecule has 126 valence electrons. The van der Waals surface area contributed by atoms with Crippen molar-refractivity contribution in [3.8, 4) is 0 Å². The van der Waals surface area contributed by atoms with Crippen LogP contribution in [0.4, 0.5) is 0 Å². The molecule has 0 aromatic carbocycles. The van der Waals surface area contributed by atoms with E-state index in [2.05, 4.69) is 46.8 Å². The maximum atomic E-state index is 10.7. The van der Waals surface area contributed by atoms with Crippen molar-refractivity contribution in [1.29, 1.82) is 0 Å². The maximum Gasteiger partial charge on any atom is 0.0921 e. The molecular formula is C20H34O2. The molecule has 2 aliphatic heterocycles. The van der Waals surface area contributed by atoms with E-state index in [1.165, 1.54) is 11.1 Å². The quantitative estimate of drug-likeness (QED) is 0.677. The van der Waals surface area contributed by atoms with E-state index in [0.29, 0.717) is 5.92 Å². The lowest BCUT2D eigenvalue weighted by atomic mass is 9.82. The Balaban J connectivity index is 2.27. The molecule has 0 aromatic heterocycles. The van der Waals surface area contributed by atoms with Crippen LogP contribution in [-0.4, -0.2) is 22.4 Å². The Hall–Kier alpha value is -0.600. The van der Waals surface area contributed by atoms with Crippen molar-refractivity contribution in [1.82, 2.24) is 0 Å².